The second kappa shape index (κ2) is 6.51. The van der Waals surface area contributed by atoms with Gasteiger partial charge in [-0.1, -0.05) is 31.2 Å². The summed E-state index contributed by atoms with van der Waals surface area (Å²) >= 11 is 0. The highest BCUT2D eigenvalue weighted by atomic mass is 16.5. The number of hydrogen-bond donors (Lipinski definition) is 1. The molecule has 1 aromatic carbocycles. The fourth-order valence-electron chi connectivity index (χ4n) is 2.97. The largest absolute Gasteiger partial charge is 0.376 e. The maximum Gasteiger partial charge on any atom is 0.0700 e. The van der Waals surface area contributed by atoms with Gasteiger partial charge in [0.25, 0.3) is 0 Å². The minimum Gasteiger partial charge on any atom is -0.376 e. The lowest BCUT2D eigenvalue weighted by Gasteiger charge is -2.40. The summed E-state index contributed by atoms with van der Waals surface area (Å²) in [5.74, 6) is 0. The van der Waals surface area contributed by atoms with Crippen molar-refractivity contribution < 1.29 is 4.74 Å². The normalized spacial score (nSPS) is 24.1. The zero-order valence-electron chi connectivity index (χ0n) is 12.3. The Morgan fingerprint density at radius 3 is 2.79 bits per heavy atom. The van der Waals surface area contributed by atoms with Crippen molar-refractivity contribution in [2.24, 2.45) is 5.73 Å². The van der Waals surface area contributed by atoms with Gasteiger partial charge < -0.3 is 10.5 Å². The third-order valence-electron chi connectivity index (χ3n) is 4.02. The Kier molecular flexibility index (Phi) is 4.97. The van der Waals surface area contributed by atoms with Crippen LogP contribution in [0.25, 0.3) is 0 Å². The third-order valence-corrected chi connectivity index (χ3v) is 4.02. The first-order valence-electron chi connectivity index (χ1n) is 7.30. The molecule has 0 saturated carbocycles. The summed E-state index contributed by atoms with van der Waals surface area (Å²) in [6.07, 6.45) is 1.41. The van der Waals surface area contributed by atoms with Crippen LogP contribution in [0.3, 0.4) is 0 Å². The number of hydrogen-bond acceptors (Lipinski definition) is 3. The van der Waals surface area contributed by atoms with Gasteiger partial charge in [0.2, 0.25) is 0 Å². The summed E-state index contributed by atoms with van der Waals surface area (Å²) in [6, 6.07) is 8.99. The molecule has 1 aromatic rings. The first kappa shape index (κ1) is 14.5. The molecule has 0 aliphatic carbocycles. The number of ether oxygens (including phenoxy) is 1. The van der Waals surface area contributed by atoms with Crippen molar-refractivity contribution in [1.82, 2.24) is 4.90 Å². The number of nitrogens with zero attached hydrogens (tertiary/aromatic N) is 1. The average molecular weight is 262 g/mol. The summed E-state index contributed by atoms with van der Waals surface area (Å²) in [6.45, 7) is 9.22. The topological polar surface area (TPSA) is 38.5 Å². The van der Waals surface area contributed by atoms with Gasteiger partial charge in [0.15, 0.2) is 0 Å². The van der Waals surface area contributed by atoms with Crippen molar-refractivity contribution in [2.45, 2.75) is 45.4 Å². The van der Waals surface area contributed by atoms with Gasteiger partial charge >= 0.3 is 0 Å². The molecule has 1 aliphatic rings. The molecule has 1 aliphatic heterocycles. The molecule has 3 atom stereocenters. The Balaban J connectivity index is 2.23. The average Bonchev–Trinajstić information content (AvgIpc) is 2.41. The Bertz CT molecular complexity index is 405. The monoisotopic (exact) mass is 262 g/mol. The highest BCUT2D eigenvalue weighted by Crippen LogP contribution is 2.28. The number of nitrogens with two attached hydrogens (primary N) is 1. The fraction of sp³-hybridized carbons (Fsp3) is 0.625. The van der Waals surface area contributed by atoms with E-state index < -0.39 is 0 Å². The maximum absolute atomic E-state index is 6.27. The Hall–Kier alpha value is -0.900. The molecular weight excluding hydrogens is 236 g/mol. The Morgan fingerprint density at radius 1 is 1.42 bits per heavy atom. The van der Waals surface area contributed by atoms with Crippen LogP contribution < -0.4 is 5.73 Å². The molecule has 2 N–H and O–H groups in total. The molecule has 0 radical (unpaired) electrons. The molecular formula is C16H26N2O. The second-order valence-electron chi connectivity index (χ2n) is 5.56. The fourth-order valence-corrected chi connectivity index (χ4v) is 2.97. The van der Waals surface area contributed by atoms with Gasteiger partial charge in [0.1, 0.15) is 0 Å². The summed E-state index contributed by atoms with van der Waals surface area (Å²) in [5.41, 5.74) is 8.95. The molecule has 0 aromatic heterocycles. The lowest BCUT2D eigenvalue weighted by atomic mass is 9.94. The molecule has 19 heavy (non-hydrogen) atoms. The van der Waals surface area contributed by atoms with E-state index in [1.807, 2.05) is 0 Å². The van der Waals surface area contributed by atoms with Crippen LogP contribution in [0.4, 0.5) is 0 Å². The molecule has 1 saturated heterocycles. The van der Waals surface area contributed by atoms with Gasteiger partial charge in [-0.15, -0.1) is 0 Å². The molecule has 1 fully saturated rings. The highest BCUT2D eigenvalue weighted by molar-refractivity contribution is 5.30. The van der Waals surface area contributed by atoms with Crippen LogP contribution in [0.2, 0.25) is 0 Å². The van der Waals surface area contributed by atoms with E-state index in [1.165, 1.54) is 11.1 Å². The van der Waals surface area contributed by atoms with Crippen molar-refractivity contribution in [3.8, 4) is 0 Å². The van der Waals surface area contributed by atoms with E-state index in [9.17, 15) is 0 Å². The second-order valence-corrected chi connectivity index (χ2v) is 5.56. The van der Waals surface area contributed by atoms with Gasteiger partial charge in [-0.3, -0.25) is 4.90 Å². The van der Waals surface area contributed by atoms with E-state index in [0.717, 1.165) is 26.1 Å². The molecule has 0 bridgehead atoms. The van der Waals surface area contributed by atoms with E-state index >= 15 is 0 Å². The minimum absolute atomic E-state index is 0.122. The van der Waals surface area contributed by atoms with Crippen molar-refractivity contribution >= 4 is 0 Å². The van der Waals surface area contributed by atoms with Crippen LogP contribution in [-0.2, 0) is 4.74 Å². The van der Waals surface area contributed by atoms with Crippen LogP contribution in [0, 0.1) is 6.92 Å². The molecule has 106 valence electrons. The SMILES string of the molecule is CCC1CN(C(c2ccccc2C)C(C)N)CCO1. The zero-order valence-corrected chi connectivity index (χ0v) is 12.3. The van der Waals surface area contributed by atoms with Crippen LogP contribution in [0.15, 0.2) is 24.3 Å². The van der Waals surface area contributed by atoms with Crippen molar-refractivity contribution in [2.75, 3.05) is 19.7 Å². The van der Waals surface area contributed by atoms with Gasteiger partial charge in [-0.05, 0) is 31.4 Å². The van der Waals surface area contributed by atoms with E-state index in [-0.39, 0.29) is 6.04 Å². The third kappa shape index (κ3) is 3.35. The Labute approximate surface area is 116 Å². The van der Waals surface area contributed by atoms with Gasteiger partial charge in [-0.25, -0.2) is 0 Å². The lowest BCUT2D eigenvalue weighted by Crippen LogP contribution is -2.48. The lowest BCUT2D eigenvalue weighted by molar-refractivity contribution is -0.0478. The standard InChI is InChI=1S/C16H26N2O/c1-4-14-11-18(9-10-19-14)16(13(3)17)15-8-6-5-7-12(15)2/h5-8,13-14,16H,4,9-11,17H2,1-3H3. The molecule has 0 spiro atoms. The minimum atomic E-state index is 0.122. The first-order valence-corrected chi connectivity index (χ1v) is 7.30. The summed E-state index contributed by atoms with van der Waals surface area (Å²) in [5, 5.41) is 0. The predicted octanol–water partition coefficient (Wildman–Crippen LogP) is 2.49. The Morgan fingerprint density at radius 2 is 2.16 bits per heavy atom. The summed E-state index contributed by atoms with van der Waals surface area (Å²) < 4.78 is 5.77. The van der Waals surface area contributed by atoms with E-state index in [4.69, 9.17) is 10.5 Å². The van der Waals surface area contributed by atoms with Gasteiger partial charge in [0, 0.05) is 19.1 Å². The van der Waals surface area contributed by atoms with Crippen molar-refractivity contribution in [1.29, 1.82) is 0 Å². The first-order chi connectivity index (χ1) is 9.13. The molecule has 3 heteroatoms. The van der Waals surface area contributed by atoms with E-state index in [2.05, 4.69) is 49.9 Å². The molecule has 0 amide bonds. The smallest absolute Gasteiger partial charge is 0.0700 e. The number of benzene rings is 1. The van der Waals surface area contributed by atoms with Crippen molar-refractivity contribution in [3.63, 3.8) is 0 Å². The maximum atomic E-state index is 6.27. The molecule has 1 heterocycles. The number of morpholine rings is 1. The van der Waals surface area contributed by atoms with Crippen molar-refractivity contribution in [3.05, 3.63) is 35.4 Å². The van der Waals surface area contributed by atoms with Crippen LogP contribution in [0.5, 0.6) is 0 Å². The van der Waals surface area contributed by atoms with E-state index in [0.29, 0.717) is 12.1 Å². The molecule has 2 rings (SSSR count). The van der Waals surface area contributed by atoms with Gasteiger partial charge in [-0.2, -0.15) is 0 Å². The number of rotatable bonds is 4. The predicted molar refractivity (Wildman–Crippen MR) is 79.2 cm³/mol. The van der Waals surface area contributed by atoms with E-state index in [1.54, 1.807) is 0 Å². The summed E-state index contributed by atoms with van der Waals surface area (Å²) in [7, 11) is 0. The quantitative estimate of drug-likeness (QED) is 0.906. The number of aryl methyl sites for hydroxylation is 1. The molecule has 3 unspecified atom stereocenters. The van der Waals surface area contributed by atoms with Gasteiger partial charge in [0.05, 0.1) is 18.8 Å². The van der Waals surface area contributed by atoms with Crippen LogP contribution >= 0.6 is 0 Å². The highest BCUT2D eigenvalue weighted by Gasteiger charge is 2.29. The zero-order chi connectivity index (χ0) is 13.8. The molecule has 3 nitrogen and oxygen atoms in total. The van der Waals surface area contributed by atoms with Crippen LogP contribution in [0.1, 0.15) is 37.4 Å². The van der Waals surface area contributed by atoms with Crippen LogP contribution in [-0.4, -0.2) is 36.7 Å². The summed E-state index contributed by atoms with van der Waals surface area (Å²) in [4.78, 5) is 2.49.